The third-order valence-electron chi connectivity index (χ3n) is 4.33. The summed E-state index contributed by atoms with van der Waals surface area (Å²) in [6.07, 6.45) is 4.73. The molecule has 1 aliphatic rings. The number of benzene rings is 2. The van der Waals surface area contributed by atoms with E-state index in [-0.39, 0.29) is 5.92 Å². The second kappa shape index (κ2) is 5.78. The van der Waals surface area contributed by atoms with Crippen LogP contribution in [0, 0.1) is 19.8 Å². The molecule has 0 radical (unpaired) electrons. The van der Waals surface area contributed by atoms with E-state index in [9.17, 15) is 5.11 Å². The number of aliphatic hydroxyl groups is 1. The van der Waals surface area contributed by atoms with Gasteiger partial charge in [0.1, 0.15) is 0 Å². The summed E-state index contributed by atoms with van der Waals surface area (Å²) in [5.74, 6) is 0.140. The summed E-state index contributed by atoms with van der Waals surface area (Å²) in [6.45, 7) is 4.22. The maximum absolute atomic E-state index is 10.7. The first kappa shape index (κ1) is 14.6. The lowest BCUT2D eigenvalue weighted by molar-refractivity contribution is 0.129. The van der Waals surface area contributed by atoms with E-state index in [4.69, 9.17) is 0 Å². The zero-order chi connectivity index (χ0) is 15.0. The minimum absolute atomic E-state index is 0.140. The van der Waals surface area contributed by atoms with Crippen LogP contribution in [0.1, 0.15) is 33.9 Å². The minimum Gasteiger partial charge on any atom is -0.388 e. The van der Waals surface area contributed by atoms with Gasteiger partial charge >= 0.3 is 0 Å². The van der Waals surface area contributed by atoms with Gasteiger partial charge in [0.15, 0.2) is 0 Å². The Labute approximate surface area is 134 Å². The molecule has 0 unspecified atom stereocenters. The van der Waals surface area contributed by atoms with Gasteiger partial charge in [0.05, 0.1) is 6.10 Å². The highest BCUT2D eigenvalue weighted by Gasteiger charge is 2.24. The van der Waals surface area contributed by atoms with Crippen molar-refractivity contribution < 1.29 is 5.11 Å². The molecule has 0 spiro atoms. The van der Waals surface area contributed by atoms with Crippen LogP contribution in [-0.2, 0) is 6.42 Å². The molecule has 0 saturated carbocycles. The first-order chi connectivity index (χ1) is 10.0. The molecule has 21 heavy (non-hydrogen) atoms. The maximum Gasteiger partial charge on any atom is 0.0861 e. The largest absolute Gasteiger partial charge is 0.388 e. The van der Waals surface area contributed by atoms with Gasteiger partial charge in [-0.1, -0.05) is 52.3 Å². The van der Waals surface area contributed by atoms with Gasteiger partial charge in [0.25, 0.3) is 0 Å². The Kier molecular flexibility index (Phi) is 4.01. The molecule has 0 amide bonds. The van der Waals surface area contributed by atoms with Crippen molar-refractivity contribution in [2.24, 2.45) is 5.92 Å². The second-order valence-corrected chi connectivity index (χ2v) is 6.78. The van der Waals surface area contributed by atoms with Gasteiger partial charge < -0.3 is 5.11 Å². The Morgan fingerprint density at radius 3 is 2.43 bits per heavy atom. The number of aryl methyl sites for hydroxylation is 2. The number of halogens is 1. The molecule has 108 valence electrons. The highest BCUT2D eigenvalue weighted by Crippen LogP contribution is 2.35. The van der Waals surface area contributed by atoms with E-state index < -0.39 is 6.10 Å². The van der Waals surface area contributed by atoms with E-state index in [1.807, 2.05) is 0 Å². The first-order valence-electron chi connectivity index (χ1n) is 7.26. The van der Waals surface area contributed by atoms with Crippen LogP contribution in [0.15, 0.2) is 46.9 Å². The molecule has 2 atom stereocenters. The first-order valence-corrected chi connectivity index (χ1v) is 8.06. The van der Waals surface area contributed by atoms with E-state index in [2.05, 4.69) is 78.3 Å². The third-order valence-corrected chi connectivity index (χ3v) is 4.86. The molecule has 2 heteroatoms. The summed E-state index contributed by atoms with van der Waals surface area (Å²) in [6, 6.07) is 12.6. The van der Waals surface area contributed by atoms with Crippen molar-refractivity contribution in [1.29, 1.82) is 0 Å². The predicted molar refractivity (Wildman–Crippen MR) is 91.2 cm³/mol. The van der Waals surface area contributed by atoms with Gasteiger partial charge in [-0.3, -0.25) is 0 Å². The smallest absolute Gasteiger partial charge is 0.0861 e. The van der Waals surface area contributed by atoms with Crippen LogP contribution in [0.25, 0.3) is 6.08 Å². The molecule has 0 aliphatic heterocycles. The predicted octanol–water partition coefficient (Wildman–Crippen LogP) is 4.99. The quantitative estimate of drug-likeness (QED) is 0.815. The summed E-state index contributed by atoms with van der Waals surface area (Å²) < 4.78 is 1.09. The zero-order valence-electron chi connectivity index (χ0n) is 12.3. The minimum atomic E-state index is -0.423. The zero-order valence-corrected chi connectivity index (χ0v) is 13.9. The Hall–Kier alpha value is -1.38. The average Bonchev–Trinajstić information content (AvgIpc) is 2.47. The average molecular weight is 343 g/mol. The Bertz CT molecular complexity index is 685. The lowest BCUT2D eigenvalue weighted by Gasteiger charge is -2.27. The molecule has 1 nitrogen and oxygen atoms in total. The van der Waals surface area contributed by atoms with Gasteiger partial charge in [-0.25, -0.2) is 0 Å². The maximum atomic E-state index is 10.7. The molecule has 3 rings (SSSR count). The molecule has 2 aromatic rings. The lowest BCUT2D eigenvalue weighted by atomic mass is 9.82. The van der Waals surface area contributed by atoms with Crippen LogP contribution in [-0.4, -0.2) is 5.11 Å². The summed E-state index contributed by atoms with van der Waals surface area (Å²) in [5.41, 5.74) is 5.97. The van der Waals surface area contributed by atoms with E-state index in [0.717, 1.165) is 22.0 Å². The molecule has 1 aliphatic carbocycles. The summed E-state index contributed by atoms with van der Waals surface area (Å²) in [4.78, 5) is 0. The van der Waals surface area contributed by atoms with Crippen molar-refractivity contribution in [1.82, 2.24) is 0 Å². The lowest BCUT2D eigenvalue weighted by Crippen LogP contribution is -2.17. The summed E-state index contributed by atoms with van der Waals surface area (Å²) in [7, 11) is 0. The Balaban J connectivity index is 1.87. The van der Waals surface area contributed by atoms with E-state index in [1.54, 1.807) is 0 Å². The highest BCUT2D eigenvalue weighted by atomic mass is 79.9. The van der Waals surface area contributed by atoms with Crippen LogP contribution in [0.4, 0.5) is 0 Å². The normalized spacial score (nSPS) is 20.4. The van der Waals surface area contributed by atoms with Gasteiger partial charge in [-0.05, 0) is 60.2 Å². The molecule has 0 fully saturated rings. The fraction of sp³-hybridized carbons (Fsp3) is 0.263. The van der Waals surface area contributed by atoms with Crippen molar-refractivity contribution in [3.8, 4) is 0 Å². The molecule has 0 aromatic heterocycles. The number of aliphatic hydroxyl groups excluding tert-OH is 1. The molecule has 0 bridgehead atoms. The molecule has 1 N–H and O–H groups in total. The van der Waals surface area contributed by atoms with Crippen LogP contribution in [0.5, 0.6) is 0 Å². The molecular weight excluding hydrogens is 324 g/mol. The van der Waals surface area contributed by atoms with E-state index in [1.165, 1.54) is 16.7 Å². The van der Waals surface area contributed by atoms with E-state index >= 15 is 0 Å². The number of rotatable bonds is 2. The Morgan fingerprint density at radius 1 is 1.05 bits per heavy atom. The summed E-state index contributed by atoms with van der Waals surface area (Å²) >= 11 is 3.46. The van der Waals surface area contributed by atoms with Crippen molar-refractivity contribution >= 4 is 22.0 Å². The molecule has 0 heterocycles. The standard InChI is InChI=1S/C19H19BrO/c1-12-9-15-5-6-16(19(21)18(15)10-13(12)2)11-14-3-7-17(20)8-4-14/h3-10,16,19,21H,11H2,1-2H3/t16-,19+/m1/s1. The monoisotopic (exact) mass is 342 g/mol. The van der Waals surface area contributed by atoms with Gasteiger partial charge in [-0.2, -0.15) is 0 Å². The highest BCUT2D eigenvalue weighted by molar-refractivity contribution is 9.10. The molecule has 2 aromatic carbocycles. The van der Waals surface area contributed by atoms with Crippen molar-refractivity contribution in [2.75, 3.05) is 0 Å². The van der Waals surface area contributed by atoms with Crippen LogP contribution in [0.2, 0.25) is 0 Å². The second-order valence-electron chi connectivity index (χ2n) is 5.86. The number of fused-ring (bicyclic) bond motifs is 1. The van der Waals surface area contributed by atoms with Crippen LogP contribution in [0.3, 0.4) is 0 Å². The Morgan fingerprint density at radius 2 is 1.71 bits per heavy atom. The third kappa shape index (κ3) is 2.97. The fourth-order valence-electron chi connectivity index (χ4n) is 2.90. The summed E-state index contributed by atoms with van der Waals surface area (Å²) in [5, 5.41) is 10.7. The van der Waals surface area contributed by atoms with Crippen LogP contribution >= 0.6 is 15.9 Å². The van der Waals surface area contributed by atoms with Gasteiger partial charge in [0.2, 0.25) is 0 Å². The fourth-order valence-corrected chi connectivity index (χ4v) is 3.16. The SMILES string of the molecule is Cc1cc2c(cc1C)[C@@H](O)[C@@H](Cc1ccc(Br)cc1)C=C2. The van der Waals surface area contributed by atoms with Crippen molar-refractivity contribution in [2.45, 2.75) is 26.4 Å². The van der Waals surface area contributed by atoms with Gasteiger partial charge in [-0.15, -0.1) is 0 Å². The van der Waals surface area contributed by atoms with Crippen LogP contribution < -0.4 is 0 Å². The van der Waals surface area contributed by atoms with Crippen molar-refractivity contribution in [3.63, 3.8) is 0 Å². The van der Waals surface area contributed by atoms with E-state index in [0.29, 0.717) is 0 Å². The molecular formula is C19H19BrO. The van der Waals surface area contributed by atoms with Gasteiger partial charge in [0, 0.05) is 10.4 Å². The molecule has 0 saturated heterocycles. The van der Waals surface area contributed by atoms with Crippen molar-refractivity contribution in [3.05, 3.63) is 74.8 Å². The topological polar surface area (TPSA) is 20.2 Å². The number of hydrogen-bond acceptors (Lipinski definition) is 1. The number of hydrogen-bond donors (Lipinski definition) is 1.